The van der Waals surface area contributed by atoms with Crippen LogP contribution in [0.25, 0.3) is 0 Å². The first-order valence-electron chi connectivity index (χ1n) is 6.29. The Balaban J connectivity index is 0.00000200. The summed E-state index contributed by atoms with van der Waals surface area (Å²) in [5.74, 6) is -0.145. The topological polar surface area (TPSA) is 89.5 Å². The number of carbonyl (C=O) groups excluding carboxylic acids is 1. The van der Waals surface area contributed by atoms with Crippen molar-refractivity contribution >= 4 is 24.0 Å². The molecule has 1 heterocycles. The van der Waals surface area contributed by atoms with Crippen molar-refractivity contribution in [3.8, 4) is 0 Å². The Bertz CT molecular complexity index is 514. The molecule has 0 aliphatic carbocycles. The molecule has 6 nitrogen and oxygen atoms in total. The lowest BCUT2D eigenvalue weighted by molar-refractivity contribution is -0.385. The number of amides is 1. The van der Waals surface area contributed by atoms with Crippen LogP contribution in [0.1, 0.15) is 28.8 Å². The van der Waals surface area contributed by atoms with E-state index in [4.69, 9.17) is 5.73 Å². The Kier molecular flexibility index (Phi) is 5.47. The maximum atomic E-state index is 12.4. The highest BCUT2D eigenvalue weighted by molar-refractivity contribution is 5.96. The molecule has 2 rings (SSSR count). The molecular formula is C13H18ClN3O3. The van der Waals surface area contributed by atoms with Gasteiger partial charge >= 0.3 is 0 Å². The third-order valence-corrected chi connectivity index (χ3v) is 3.56. The van der Waals surface area contributed by atoms with Gasteiger partial charge in [0.15, 0.2) is 0 Å². The van der Waals surface area contributed by atoms with Crippen LogP contribution < -0.4 is 5.73 Å². The van der Waals surface area contributed by atoms with Crippen LogP contribution in [0.5, 0.6) is 0 Å². The van der Waals surface area contributed by atoms with Gasteiger partial charge in [-0.2, -0.15) is 0 Å². The molecule has 7 heteroatoms. The molecule has 1 fully saturated rings. The Hall–Kier alpha value is -1.66. The van der Waals surface area contributed by atoms with Crippen LogP contribution in [0.4, 0.5) is 5.69 Å². The van der Waals surface area contributed by atoms with E-state index < -0.39 is 4.92 Å². The summed E-state index contributed by atoms with van der Waals surface area (Å²) in [6.07, 6.45) is 1.55. The van der Waals surface area contributed by atoms with Gasteiger partial charge in [-0.25, -0.2) is 0 Å². The second-order valence-electron chi connectivity index (χ2n) is 4.84. The lowest BCUT2D eigenvalue weighted by atomic mass is 10.0. The molecule has 110 valence electrons. The number of carbonyl (C=O) groups is 1. The van der Waals surface area contributed by atoms with Gasteiger partial charge in [0.2, 0.25) is 0 Å². The molecule has 0 unspecified atom stereocenters. The van der Waals surface area contributed by atoms with E-state index >= 15 is 0 Å². The number of benzene rings is 1. The molecule has 0 atom stereocenters. The lowest BCUT2D eigenvalue weighted by Gasteiger charge is -2.30. The fraction of sp³-hybridized carbons (Fsp3) is 0.462. The maximum Gasteiger partial charge on any atom is 0.273 e. The van der Waals surface area contributed by atoms with Gasteiger partial charge in [0, 0.05) is 36.3 Å². The van der Waals surface area contributed by atoms with Gasteiger partial charge < -0.3 is 10.6 Å². The fourth-order valence-electron chi connectivity index (χ4n) is 2.33. The number of rotatable bonds is 2. The van der Waals surface area contributed by atoms with Crippen LogP contribution in [0.3, 0.4) is 0 Å². The Morgan fingerprint density at radius 2 is 2.00 bits per heavy atom. The maximum absolute atomic E-state index is 12.4. The number of hydrogen-bond acceptors (Lipinski definition) is 4. The molecule has 0 aromatic heterocycles. The third kappa shape index (κ3) is 3.26. The number of piperidine rings is 1. The normalized spacial score (nSPS) is 15.6. The van der Waals surface area contributed by atoms with Crippen molar-refractivity contribution in [1.82, 2.24) is 4.90 Å². The van der Waals surface area contributed by atoms with Gasteiger partial charge in [0.25, 0.3) is 11.6 Å². The zero-order valence-corrected chi connectivity index (χ0v) is 12.1. The van der Waals surface area contributed by atoms with Crippen molar-refractivity contribution in [3.63, 3.8) is 0 Å². The highest BCUT2D eigenvalue weighted by Crippen LogP contribution is 2.23. The second-order valence-corrected chi connectivity index (χ2v) is 4.84. The van der Waals surface area contributed by atoms with Gasteiger partial charge in [0.05, 0.1) is 4.92 Å². The van der Waals surface area contributed by atoms with Crippen LogP contribution in [0, 0.1) is 17.0 Å². The molecule has 0 radical (unpaired) electrons. The zero-order chi connectivity index (χ0) is 14.0. The summed E-state index contributed by atoms with van der Waals surface area (Å²) in [7, 11) is 0. The predicted molar refractivity (Wildman–Crippen MR) is 78.2 cm³/mol. The second kappa shape index (κ2) is 6.67. The Morgan fingerprint density at radius 3 is 2.55 bits per heavy atom. The Labute approximate surface area is 123 Å². The summed E-state index contributed by atoms with van der Waals surface area (Å²) >= 11 is 0. The van der Waals surface area contributed by atoms with Gasteiger partial charge in [-0.15, -0.1) is 12.4 Å². The summed E-state index contributed by atoms with van der Waals surface area (Å²) in [5.41, 5.74) is 6.62. The number of nitrogens with two attached hydrogens (primary N) is 1. The molecule has 1 aromatic carbocycles. The summed E-state index contributed by atoms with van der Waals surface area (Å²) in [5, 5.41) is 10.9. The van der Waals surface area contributed by atoms with Crippen molar-refractivity contribution in [1.29, 1.82) is 0 Å². The third-order valence-electron chi connectivity index (χ3n) is 3.56. The van der Waals surface area contributed by atoms with Gasteiger partial charge in [0.1, 0.15) is 0 Å². The van der Waals surface area contributed by atoms with Crippen LogP contribution in [-0.4, -0.2) is 34.9 Å². The fourth-order valence-corrected chi connectivity index (χ4v) is 2.33. The van der Waals surface area contributed by atoms with Crippen LogP contribution in [-0.2, 0) is 0 Å². The minimum atomic E-state index is -0.460. The average Bonchev–Trinajstić information content (AvgIpc) is 2.38. The summed E-state index contributed by atoms with van der Waals surface area (Å²) in [6, 6.07) is 4.75. The molecular weight excluding hydrogens is 282 g/mol. The molecule has 1 saturated heterocycles. The van der Waals surface area contributed by atoms with Crippen molar-refractivity contribution in [2.24, 2.45) is 5.73 Å². The van der Waals surface area contributed by atoms with E-state index in [0.717, 1.165) is 12.8 Å². The first kappa shape index (κ1) is 16.4. The number of likely N-dealkylation sites (tertiary alicyclic amines) is 1. The molecule has 0 spiro atoms. The van der Waals surface area contributed by atoms with Gasteiger partial charge in [-0.05, 0) is 25.8 Å². The van der Waals surface area contributed by atoms with Crippen molar-refractivity contribution < 1.29 is 9.72 Å². The molecule has 0 bridgehead atoms. The molecule has 1 aliphatic heterocycles. The van der Waals surface area contributed by atoms with Gasteiger partial charge in [-0.1, -0.05) is 6.07 Å². The van der Waals surface area contributed by atoms with E-state index in [-0.39, 0.29) is 30.0 Å². The van der Waals surface area contributed by atoms with Crippen molar-refractivity contribution in [3.05, 3.63) is 39.4 Å². The Morgan fingerprint density at radius 1 is 1.40 bits per heavy atom. The lowest BCUT2D eigenvalue weighted by Crippen LogP contribution is -2.43. The SMILES string of the molecule is Cc1c(C(=O)N2CCC(N)CC2)cccc1[N+](=O)[O-].Cl. The van der Waals surface area contributed by atoms with Crippen LogP contribution >= 0.6 is 12.4 Å². The molecule has 0 saturated carbocycles. The van der Waals surface area contributed by atoms with E-state index in [2.05, 4.69) is 0 Å². The smallest absolute Gasteiger partial charge is 0.273 e. The van der Waals surface area contributed by atoms with Crippen LogP contribution in [0.2, 0.25) is 0 Å². The van der Waals surface area contributed by atoms with Crippen molar-refractivity contribution in [2.75, 3.05) is 13.1 Å². The number of nitro groups is 1. The summed E-state index contributed by atoms with van der Waals surface area (Å²) < 4.78 is 0. The van der Waals surface area contributed by atoms with E-state index in [1.807, 2.05) is 0 Å². The monoisotopic (exact) mass is 299 g/mol. The molecule has 20 heavy (non-hydrogen) atoms. The zero-order valence-electron chi connectivity index (χ0n) is 11.2. The van der Waals surface area contributed by atoms with Crippen LogP contribution in [0.15, 0.2) is 18.2 Å². The number of halogens is 1. The highest BCUT2D eigenvalue weighted by Gasteiger charge is 2.25. The molecule has 2 N–H and O–H groups in total. The summed E-state index contributed by atoms with van der Waals surface area (Å²) in [4.78, 5) is 24.5. The average molecular weight is 300 g/mol. The number of nitro benzene ring substituents is 1. The number of nitrogens with zero attached hydrogens (tertiary/aromatic N) is 2. The molecule has 1 amide bonds. The largest absolute Gasteiger partial charge is 0.339 e. The highest BCUT2D eigenvalue weighted by atomic mass is 35.5. The summed E-state index contributed by atoms with van der Waals surface area (Å²) in [6.45, 7) is 2.84. The first-order valence-corrected chi connectivity index (χ1v) is 6.29. The standard InChI is InChI=1S/C13H17N3O3.ClH/c1-9-11(3-2-4-12(9)16(18)19)13(17)15-7-5-10(14)6-8-15;/h2-4,10H,5-8,14H2,1H3;1H. The predicted octanol–water partition coefficient (Wildman–Crippen LogP) is 1.89. The van der Waals surface area contributed by atoms with E-state index in [1.165, 1.54) is 6.07 Å². The quantitative estimate of drug-likeness (QED) is 0.667. The van der Waals surface area contributed by atoms with Crippen molar-refractivity contribution in [2.45, 2.75) is 25.8 Å². The molecule has 1 aromatic rings. The minimum absolute atomic E-state index is 0. The minimum Gasteiger partial charge on any atom is -0.339 e. The number of hydrogen-bond donors (Lipinski definition) is 1. The first-order chi connectivity index (χ1) is 9.00. The van der Waals surface area contributed by atoms with Gasteiger partial charge in [-0.3, -0.25) is 14.9 Å². The van der Waals surface area contributed by atoms with E-state index in [1.54, 1.807) is 24.0 Å². The van der Waals surface area contributed by atoms with E-state index in [0.29, 0.717) is 24.2 Å². The van der Waals surface area contributed by atoms with E-state index in [9.17, 15) is 14.9 Å². The molecule has 1 aliphatic rings.